The first-order valence-corrected chi connectivity index (χ1v) is 9.19. The number of aromatic amines is 1. The number of carbonyl (C=O) groups excluding carboxylic acids is 1. The SMILES string of the molecule is O=C(NC1CCC(n2nc(C3CC3)ccc2=O)CC1)c1ccc(=O)[nH]c1. The molecule has 0 radical (unpaired) electrons. The van der Waals surface area contributed by atoms with Gasteiger partial charge < -0.3 is 10.3 Å². The summed E-state index contributed by atoms with van der Waals surface area (Å²) in [4.78, 5) is 38.0. The summed E-state index contributed by atoms with van der Waals surface area (Å²) in [6, 6.07) is 6.52. The van der Waals surface area contributed by atoms with Crippen molar-refractivity contribution in [1.29, 1.82) is 0 Å². The molecule has 1 amide bonds. The molecule has 0 aromatic carbocycles. The van der Waals surface area contributed by atoms with E-state index in [1.807, 2.05) is 6.07 Å². The lowest BCUT2D eigenvalue weighted by molar-refractivity contribution is 0.0921. The molecule has 2 aliphatic rings. The lowest BCUT2D eigenvalue weighted by atomic mass is 9.91. The van der Waals surface area contributed by atoms with Crippen molar-refractivity contribution < 1.29 is 4.79 Å². The first kappa shape index (κ1) is 16.8. The molecule has 0 spiro atoms. The molecule has 7 nitrogen and oxygen atoms in total. The second kappa shape index (κ2) is 6.90. The number of rotatable bonds is 4. The Hall–Kier alpha value is -2.70. The number of H-pyrrole nitrogens is 1. The average molecular weight is 354 g/mol. The van der Waals surface area contributed by atoms with E-state index in [2.05, 4.69) is 15.4 Å². The van der Waals surface area contributed by atoms with Crippen molar-refractivity contribution in [2.75, 3.05) is 0 Å². The summed E-state index contributed by atoms with van der Waals surface area (Å²) in [5.41, 5.74) is 1.20. The summed E-state index contributed by atoms with van der Waals surface area (Å²) < 4.78 is 1.65. The third kappa shape index (κ3) is 3.61. The van der Waals surface area contributed by atoms with Gasteiger partial charge >= 0.3 is 0 Å². The van der Waals surface area contributed by atoms with Crippen molar-refractivity contribution in [3.05, 3.63) is 62.4 Å². The molecule has 2 heterocycles. The summed E-state index contributed by atoms with van der Waals surface area (Å²) >= 11 is 0. The van der Waals surface area contributed by atoms with Crippen LogP contribution in [-0.4, -0.2) is 26.7 Å². The highest BCUT2D eigenvalue weighted by molar-refractivity contribution is 5.93. The minimum atomic E-state index is -0.228. The molecule has 0 unspecified atom stereocenters. The highest BCUT2D eigenvalue weighted by Crippen LogP contribution is 2.38. The monoisotopic (exact) mass is 354 g/mol. The third-order valence-corrected chi connectivity index (χ3v) is 5.27. The van der Waals surface area contributed by atoms with Crippen LogP contribution in [0.4, 0.5) is 0 Å². The van der Waals surface area contributed by atoms with Gasteiger partial charge in [-0.25, -0.2) is 4.68 Å². The third-order valence-electron chi connectivity index (χ3n) is 5.27. The summed E-state index contributed by atoms with van der Waals surface area (Å²) in [7, 11) is 0. The predicted octanol–water partition coefficient (Wildman–Crippen LogP) is 1.72. The van der Waals surface area contributed by atoms with E-state index >= 15 is 0 Å². The van der Waals surface area contributed by atoms with Crippen molar-refractivity contribution in [2.45, 2.75) is 56.5 Å². The van der Waals surface area contributed by atoms with Crippen LogP contribution in [0.2, 0.25) is 0 Å². The Balaban J connectivity index is 1.37. The minimum absolute atomic E-state index is 0.0462. The molecule has 2 aromatic heterocycles. The summed E-state index contributed by atoms with van der Waals surface area (Å²) in [6.45, 7) is 0. The van der Waals surface area contributed by atoms with Gasteiger partial charge in [-0.1, -0.05) is 0 Å². The van der Waals surface area contributed by atoms with Crippen LogP contribution < -0.4 is 16.4 Å². The second-order valence-corrected chi connectivity index (χ2v) is 7.24. The van der Waals surface area contributed by atoms with Gasteiger partial charge in [0.1, 0.15) is 0 Å². The fourth-order valence-electron chi connectivity index (χ4n) is 3.58. The maximum Gasteiger partial charge on any atom is 0.267 e. The Morgan fingerprint density at radius 3 is 2.46 bits per heavy atom. The van der Waals surface area contributed by atoms with Crippen molar-refractivity contribution in [3.63, 3.8) is 0 Å². The quantitative estimate of drug-likeness (QED) is 0.874. The molecular formula is C19H22N4O3. The Morgan fingerprint density at radius 2 is 1.81 bits per heavy atom. The summed E-state index contributed by atoms with van der Waals surface area (Å²) in [5.74, 6) is 0.338. The Labute approximate surface area is 150 Å². The van der Waals surface area contributed by atoms with Crippen molar-refractivity contribution in [1.82, 2.24) is 20.1 Å². The molecule has 26 heavy (non-hydrogen) atoms. The number of hydrogen-bond acceptors (Lipinski definition) is 4. The zero-order chi connectivity index (χ0) is 18.1. The van der Waals surface area contributed by atoms with Crippen LogP contribution in [0, 0.1) is 0 Å². The fourth-order valence-corrected chi connectivity index (χ4v) is 3.58. The molecule has 2 aromatic rings. The number of aromatic nitrogens is 3. The van der Waals surface area contributed by atoms with Crippen LogP contribution >= 0.6 is 0 Å². The molecule has 0 bridgehead atoms. The van der Waals surface area contributed by atoms with Crippen LogP contribution in [0.25, 0.3) is 0 Å². The molecule has 2 N–H and O–H groups in total. The maximum absolute atomic E-state index is 12.3. The van der Waals surface area contributed by atoms with Crippen LogP contribution in [0.5, 0.6) is 0 Å². The van der Waals surface area contributed by atoms with E-state index in [1.54, 1.807) is 10.7 Å². The standard InChI is InChI=1S/C19H22N4O3/c24-17-9-3-13(11-20-17)19(26)21-14-4-6-15(7-5-14)23-18(25)10-8-16(22-23)12-1-2-12/h3,8-12,14-15H,1-2,4-7H2,(H,20,24)(H,21,26). The Morgan fingerprint density at radius 1 is 1.04 bits per heavy atom. The van der Waals surface area contributed by atoms with Crippen molar-refractivity contribution >= 4 is 5.91 Å². The van der Waals surface area contributed by atoms with E-state index < -0.39 is 0 Å². The number of amides is 1. The minimum Gasteiger partial charge on any atom is -0.349 e. The smallest absolute Gasteiger partial charge is 0.267 e. The van der Waals surface area contributed by atoms with Gasteiger partial charge in [-0.15, -0.1) is 0 Å². The molecule has 7 heteroatoms. The van der Waals surface area contributed by atoms with Crippen LogP contribution in [0.3, 0.4) is 0 Å². The van der Waals surface area contributed by atoms with E-state index in [0.29, 0.717) is 11.5 Å². The van der Waals surface area contributed by atoms with Gasteiger partial charge in [-0.2, -0.15) is 5.10 Å². The van der Waals surface area contributed by atoms with Gasteiger partial charge in [0.15, 0.2) is 0 Å². The van der Waals surface area contributed by atoms with E-state index in [4.69, 9.17) is 0 Å². The van der Waals surface area contributed by atoms with Gasteiger partial charge in [-0.05, 0) is 50.7 Å². The largest absolute Gasteiger partial charge is 0.349 e. The first-order chi connectivity index (χ1) is 12.6. The molecule has 4 rings (SSSR count). The molecule has 0 atom stereocenters. The van der Waals surface area contributed by atoms with E-state index in [0.717, 1.165) is 44.2 Å². The fraction of sp³-hybridized carbons (Fsp3) is 0.474. The highest BCUT2D eigenvalue weighted by Gasteiger charge is 2.28. The van der Waals surface area contributed by atoms with Crippen LogP contribution in [-0.2, 0) is 0 Å². The zero-order valence-corrected chi connectivity index (χ0v) is 14.5. The van der Waals surface area contributed by atoms with Crippen LogP contribution in [0.15, 0.2) is 40.1 Å². The first-order valence-electron chi connectivity index (χ1n) is 9.19. The number of hydrogen-bond donors (Lipinski definition) is 2. The lowest BCUT2D eigenvalue weighted by Gasteiger charge is -2.29. The highest BCUT2D eigenvalue weighted by atomic mass is 16.2. The molecule has 2 saturated carbocycles. The number of nitrogens with one attached hydrogen (secondary N) is 2. The van der Waals surface area contributed by atoms with Gasteiger partial charge in [0.2, 0.25) is 5.56 Å². The molecule has 136 valence electrons. The van der Waals surface area contributed by atoms with E-state index in [-0.39, 0.29) is 29.1 Å². The molecule has 0 saturated heterocycles. The van der Waals surface area contributed by atoms with Gasteiger partial charge in [-0.3, -0.25) is 14.4 Å². The zero-order valence-electron chi connectivity index (χ0n) is 14.5. The molecular weight excluding hydrogens is 332 g/mol. The van der Waals surface area contributed by atoms with Gasteiger partial charge in [0.25, 0.3) is 11.5 Å². The average Bonchev–Trinajstić information content (AvgIpc) is 3.49. The van der Waals surface area contributed by atoms with E-state index in [9.17, 15) is 14.4 Å². The number of pyridine rings is 1. The predicted molar refractivity (Wildman–Crippen MR) is 96.3 cm³/mol. The molecule has 2 fully saturated rings. The number of carbonyl (C=O) groups is 1. The molecule has 0 aliphatic heterocycles. The Bertz CT molecular complexity index is 900. The summed E-state index contributed by atoms with van der Waals surface area (Å²) in [5, 5.41) is 7.59. The van der Waals surface area contributed by atoms with Crippen molar-refractivity contribution in [2.24, 2.45) is 0 Å². The second-order valence-electron chi connectivity index (χ2n) is 7.24. The summed E-state index contributed by atoms with van der Waals surface area (Å²) in [6.07, 6.45) is 7.00. The Kier molecular flexibility index (Phi) is 4.44. The maximum atomic E-state index is 12.3. The van der Waals surface area contributed by atoms with Crippen molar-refractivity contribution in [3.8, 4) is 0 Å². The number of nitrogens with zero attached hydrogens (tertiary/aromatic N) is 2. The van der Waals surface area contributed by atoms with E-state index in [1.165, 1.54) is 18.3 Å². The van der Waals surface area contributed by atoms with Gasteiger partial charge in [0.05, 0.1) is 17.3 Å². The lowest BCUT2D eigenvalue weighted by Crippen LogP contribution is -2.39. The van der Waals surface area contributed by atoms with Gasteiger partial charge in [0, 0.05) is 30.3 Å². The van der Waals surface area contributed by atoms with Crippen LogP contribution in [0.1, 0.15) is 66.5 Å². The normalized spacial score (nSPS) is 22.8. The molecule has 2 aliphatic carbocycles. The topological polar surface area (TPSA) is 96.8 Å².